The fraction of sp³-hybridized carbons (Fsp3) is 0.338. The molecule has 3 amide bonds. The minimum Gasteiger partial charge on any atom is -0.726 e. The Morgan fingerprint density at radius 3 is 1.18 bits per heavy atom. The molecule has 0 aromatic heterocycles. The molecule has 15 atom stereocenters. The van der Waals surface area contributed by atoms with Crippen molar-refractivity contribution in [2.75, 3.05) is 33.5 Å². The van der Waals surface area contributed by atoms with Gasteiger partial charge < -0.3 is 86.6 Å². The van der Waals surface area contributed by atoms with Gasteiger partial charge in [-0.1, -0.05) is 121 Å². The van der Waals surface area contributed by atoms with E-state index in [2.05, 4.69) is 20.1 Å². The number of hydrogen-bond donors (Lipinski definition) is 3. The molecule has 0 saturated carbocycles. The summed E-state index contributed by atoms with van der Waals surface area (Å²) in [4.78, 5) is 128. The van der Waals surface area contributed by atoms with Crippen LogP contribution in [0.2, 0.25) is 0 Å². The second-order valence-corrected chi connectivity index (χ2v) is 24.7. The predicted molar refractivity (Wildman–Crippen MR) is 343 cm³/mol. The number of nitrogens with one attached hydrogen (secondary N) is 3. The molecule has 9 rings (SSSR count). The first kappa shape index (κ1) is 84.1. The molecule has 105 heavy (non-hydrogen) atoms. The number of rotatable bonds is 29. The van der Waals surface area contributed by atoms with E-state index in [-0.39, 0.29) is 100 Å². The van der Waals surface area contributed by atoms with E-state index < -0.39 is 186 Å². The number of carbonyl (C=O) groups excluding carboxylic acids is 9. The van der Waals surface area contributed by atoms with E-state index in [0.717, 1.165) is 21.0 Å². The third-order valence-electron chi connectivity index (χ3n) is 15.4. The molecule has 33 nitrogen and oxygen atoms in total. The smallest absolute Gasteiger partial charge is 0.726 e. The van der Waals surface area contributed by atoms with Gasteiger partial charge >= 0.3 is 101 Å². The Morgan fingerprint density at radius 1 is 0.429 bits per heavy atom. The SMILES string of the molecule is COC(=O)[C@H]1O[C@@H](O[C@@H]2[C@@H](NC(C)=O)[C@H](OCCNC(=O)OCc3ccccc3)O[C@H](COS(=O)(=O)[O-])[C@@H]2OC(=O)c2ccccc2)[C@H](OC(=O)c2ccccc2)[C@@H](OC(=O)c2ccccc2)[C@@H]1O[C@@H]1O[C@H](COS(=O)(=O)[O-])[C@H](OC(=O)c2ccccc2)[C@H](OC(=O)c2ccccc2)[C@H]1NC(C)=O.[Na+].[Na+]. The third kappa shape index (κ3) is 24.4. The van der Waals surface area contributed by atoms with Crippen LogP contribution in [0.3, 0.4) is 0 Å². The van der Waals surface area contributed by atoms with Gasteiger partial charge in [-0.2, -0.15) is 0 Å². The third-order valence-corrected chi connectivity index (χ3v) is 16.3. The Hall–Kier alpha value is -8.15. The van der Waals surface area contributed by atoms with Crippen molar-refractivity contribution in [2.45, 2.75) is 112 Å². The number of amides is 3. The number of carbonyl (C=O) groups is 9. The van der Waals surface area contributed by atoms with Crippen LogP contribution in [0.4, 0.5) is 4.79 Å². The van der Waals surface area contributed by atoms with Gasteiger partial charge in [0.05, 0.1) is 54.7 Å². The average Bonchev–Trinajstić information content (AvgIpc) is 0.754. The molecule has 0 unspecified atom stereocenters. The minimum absolute atomic E-state index is 0. The average molecular weight is 1520 g/mol. The van der Waals surface area contributed by atoms with Gasteiger partial charge in [0.15, 0.2) is 55.5 Å². The topological polar surface area (TPSA) is 443 Å². The standard InChI is InChI=1S/C68H69N3O30S2.2Na/c1-39(72)70-49-54(52(95-60(75)43-26-14-6-15-27-43)47(37-90-102(81,82)83)92-65(49)88-35-34-69-68(80)89-36-41-22-10-4-11-23-41)99-67-58(98-63(78)46-32-20-9-21-33-46)56(97-62(77)45-30-18-8-19-31-45)55(57(101-67)64(79)87-3)100-66-50(71-40(2)73)53(96-61(76)44-28-16-7-17-29-44)51(48(93-66)38-91-103(84,85)86)94-59(74)42-24-12-5-13-25-42;;/h4-33,47-58,65-67H,34-38H2,1-3H3,(H,69,80)(H,70,72)(H,71,73)(H,81,82,83)(H,84,85,86);;/q;2*+1/p-2/t47-,48-,49-,50-,51+,52+,53-,54-,55+,56+,57+,58-,65-,66+,67-;;/m1../s1. The van der Waals surface area contributed by atoms with Crippen molar-refractivity contribution in [3.05, 3.63) is 215 Å². The van der Waals surface area contributed by atoms with Crippen molar-refractivity contribution in [3.8, 4) is 0 Å². The van der Waals surface area contributed by atoms with Crippen LogP contribution in [0.5, 0.6) is 0 Å². The van der Waals surface area contributed by atoms with Crippen LogP contribution in [0.25, 0.3) is 0 Å². The number of hydrogen-bond acceptors (Lipinski definition) is 30. The van der Waals surface area contributed by atoms with Crippen LogP contribution in [-0.4, -0.2) is 205 Å². The summed E-state index contributed by atoms with van der Waals surface area (Å²) in [7, 11) is -10.6. The van der Waals surface area contributed by atoms with Gasteiger partial charge in [0, 0.05) is 20.4 Å². The van der Waals surface area contributed by atoms with Crippen LogP contribution in [0.15, 0.2) is 182 Å². The van der Waals surface area contributed by atoms with Gasteiger partial charge in [0.25, 0.3) is 0 Å². The molecule has 3 heterocycles. The quantitative estimate of drug-likeness (QED) is 0.0106. The molecular formula is C68H67N3Na2O30S2. The van der Waals surface area contributed by atoms with Crippen LogP contribution in [-0.2, 0) is 112 Å². The summed E-state index contributed by atoms with van der Waals surface area (Å²) >= 11 is 0. The van der Waals surface area contributed by atoms with E-state index in [1.54, 1.807) is 42.5 Å². The van der Waals surface area contributed by atoms with E-state index in [4.69, 9.17) is 65.8 Å². The van der Waals surface area contributed by atoms with Crippen molar-refractivity contribution in [2.24, 2.45) is 0 Å². The molecule has 6 aromatic rings. The zero-order valence-electron chi connectivity index (χ0n) is 56.6. The first-order valence-corrected chi connectivity index (χ1v) is 34.0. The molecule has 6 aromatic carbocycles. The molecule has 3 fully saturated rings. The first-order valence-electron chi connectivity index (χ1n) is 31.3. The number of ether oxygens (including phenoxy) is 13. The zero-order valence-corrected chi connectivity index (χ0v) is 62.2. The molecule has 0 spiro atoms. The molecule has 3 N–H and O–H groups in total. The Balaban J connectivity index is 0.00000770. The molecule has 0 aliphatic carbocycles. The Kier molecular flexibility index (Phi) is 32.0. The first-order chi connectivity index (χ1) is 49.3. The van der Waals surface area contributed by atoms with Crippen molar-refractivity contribution in [1.82, 2.24) is 16.0 Å². The molecule has 3 aliphatic heterocycles. The normalized spacial score (nSPS) is 24.2. The summed E-state index contributed by atoms with van der Waals surface area (Å²) in [5.74, 6) is -9.57. The summed E-state index contributed by atoms with van der Waals surface area (Å²) < 4.78 is 163. The summed E-state index contributed by atoms with van der Waals surface area (Å²) in [6.07, 6.45) is -30.4. The summed E-state index contributed by atoms with van der Waals surface area (Å²) in [5, 5.41) is 7.52. The summed E-state index contributed by atoms with van der Waals surface area (Å²) in [6.45, 7) is -1.86. The van der Waals surface area contributed by atoms with E-state index in [1.165, 1.54) is 140 Å². The van der Waals surface area contributed by atoms with E-state index in [9.17, 15) is 69.1 Å². The summed E-state index contributed by atoms with van der Waals surface area (Å²) in [5.41, 5.74) is -0.333. The minimum atomic E-state index is -5.72. The van der Waals surface area contributed by atoms with E-state index >= 15 is 0 Å². The van der Waals surface area contributed by atoms with Crippen molar-refractivity contribution in [3.63, 3.8) is 0 Å². The molecule has 548 valence electrons. The molecule has 3 saturated heterocycles. The largest absolute Gasteiger partial charge is 1.00 e. The zero-order chi connectivity index (χ0) is 73.8. The van der Waals surface area contributed by atoms with Gasteiger partial charge in [-0.05, 0) is 66.2 Å². The number of methoxy groups -OCH3 is 1. The maximum absolute atomic E-state index is 14.9. The van der Waals surface area contributed by atoms with Gasteiger partial charge in [-0.25, -0.2) is 50.4 Å². The van der Waals surface area contributed by atoms with E-state index in [0.29, 0.717) is 5.56 Å². The molecule has 0 bridgehead atoms. The second-order valence-electron chi connectivity index (χ2n) is 22.6. The van der Waals surface area contributed by atoms with Gasteiger partial charge in [0.2, 0.25) is 32.6 Å². The molecule has 37 heteroatoms. The van der Waals surface area contributed by atoms with Crippen LogP contribution in [0.1, 0.15) is 71.2 Å². The Bertz CT molecular complexity index is 4130. The summed E-state index contributed by atoms with van der Waals surface area (Å²) in [6, 6.07) is 39.5. The van der Waals surface area contributed by atoms with Crippen molar-refractivity contribution >= 4 is 74.5 Å². The molecule has 0 radical (unpaired) electrons. The van der Waals surface area contributed by atoms with E-state index in [1.807, 2.05) is 0 Å². The number of benzene rings is 6. The van der Waals surface area contributed by atoms with Gasteiger partial charge in [-0.3, -0.25) is 18.0 Å². The monoisotopic (exact) mass is 1520 g/mol. The maximum atomic E-state index is 14.9. The number of alkyl carbamates (subject to hydrolysis) is 1. The Morgan fingerprint density at radius 2 is 0.781 bits per heavy atom. The second kappa shape index (κ2) is 40.0. The van der Waals surface area contributed by atoms with Gasteiger partial charge in [0.1, 0.15) is 43.1 Å². The van der Waals surface area contributed by atoms with Crippen molar-refractivity contribution < 1.29 is 198 Å². The fourth-order valence-corrected chi connectivity index (χ4v) is 11.5. The maximum Gasteiger partial charge on any atom is 1.00 e. The fourth-order valence-electron chi connectivity index (χ4n) is 10.9. The predicted octanol–water partition coefficient (Wildman–Crippen LogP) is -2.85. The Labute approximate surface area is 645 Å². The van der Waals surface area contributed by atoms with Crippen LogP contribution < -0.4 is 75.1 Å². The van der Waals surface area contributed by atoms with Crippen LogP contribution >= 0.6 is 0 Å². The van der Waals surface area contributed by atoms with Crippen LogP contribution in [0, 0.1) is 0 Å². The van der Waals surface area contributed by atoms with Crippen molar-refractivity contribution in [1.29, 1.82) is 0 Å². The van der Waals surface area contributed by atoms with Gasteiger partial charge in [-0.15, -0.1) is 0 Å². The molecule has 3 aliphatic rings. The number of esters is 6. The molecular weight excluding hydrogens is 1450 g/mol.